The number of halogens is 1. The van der Waals surface area contributed by atoms with Crippen LogP contribution < -0.4 is 15.5 Å². The number of carbonyl (C=O) groups excluding carboxylic acids is 3. The van der Waals surface area contributed by atoms with Gasteiger partial charge in [0.05, 0.1) is 11.7 Å². The van der Waals surface area contributed by atoms with Gasteiger partial charge in [-0.05, 0) is 39.0 Å². The second kappa shape index (κ2) is 9.32. The highest BCUT2D eigenvalue weighted by molar-refractivity contribution is 8.01. The first-order chi connectivity index (χ1) is 14.1. The standard InChI is InChI=1S/C19H22ClN5O3S2/c1-19(2,3)22-14(26)10-29-18-24-23-17(30-18)21-16(28)11-7-15(27)25(9-11)13-6-4-5-12(20)8-13/h4-6,8,11H,7,9-10H2,1-3H3,(H,22,26)(H,21,23,28). The van der Waals surface area contributed by atoms with Crippen LogP contribution in [0.2, 0.25) is 5.02 Å². The van der Waals surface area contributed by atoms with Crippen molar-refractivity contribution in [2.45, 2.75) is 37.1 Å². The molecule has 3 rings (SSSR count). The van der Waals surface area contributed by atoms with Gasteiger partial charge >= 0.3 is 0 Å². The molecule has 1 aromatic carbocycles. The second-order valence-corrected chi connectivity index (χ2v) is 10.5. The maximum atomic E-state index is 12.6. The van der Waals surface area contributed by atoms with Crippen LogP contribution in [0.3, 0.4) is 0 Å². The number of benzene rings is 1. The number of aromatic nitrogens is 2. The highest BCUT2D eigenvalue weighted by Crippen LogP contribution is 2.29. The summed E-state index contributed by atoms with van der Waals surface area (Å²) in [6.45, 7) is 6.01. The predicted octanol–water partition coefficient (Wildman–Crippen LogP) is 3.19. The molecule has 160 valence electrons. The summed E-state index contributed by atoms with van der Waals surface area (Å²) in [5, 5.41) is 14.4. The SMILES string of the molecule is CC(C)(C)NC(=O)CSc1nnc(NC(=O)C2CC(=O)N(c3cccc(Cl)c3)C2)s1. The van der Waals surface area contributed by atoms with Crippen molar-refractivity contribution in [2.75, 3.05) is 22.5 Å². The highest BCUT2D eigenvalue weighted by atomic mass is 35.5. The van der Waals surface area contributed by atoms with E-state index in [-0.39, 0.29) is 42.0 Å². The van der Waals surface area contributed by atoms with Gasteiger partial charge in [0.15, 0.2) is 4.34 Å². The molecule has 3 amide bonds. The van der Waals surface area contributed by atoms with Crippen LogP contribution in [0.1, 0.15) is 27.2 Å². The Morgan fingerprint density at radius 3 is 2.80 bits per heavy atom. The number of hydrogen-bond donors (Lipinski definition) is 2. The first kappa shape index (κ1) is 22.5. The summed E-state index contributed by atoms with van der Waals surface area (Å²) in [6.07, 6.45) is 0.117. The van der Waals surface area contributed by atoms with Gasteiger partial charge < -0.3 is 15.5 Å². The van der Waals surface area contributed by atoms with Crippen LogP contribution in [0.5, 0.6) is 0 Å². The minimum Gasteiger partial charge on any atom is -0.351 e. The molecule has 2 heterocycles. The van der Waals surface area contributed by atoms with Crippen molar-refractivity contribution in [1.29, 1.82) is 0 Å². The third kappa shape index (κ3) is 6.16. The van der Waals surface area contributed by atoms with Crippen molar-refractivity contribution in [1.82, 2.24) is 15.5 Å². The molecule has 30 heavy (non-hydrogen) atoms. The number of amides is 3. The Morgan fingerprint density at radius 1 is 1.33 bits per heavy atom. The minimum absolute atomic E-state index is 0.0983. The van der Waals surface area contributed by atoms with E-state index in [2.05, 4.69) is 20.8 Å². The lowest BCUT2D eigenvalue weighted by molar-refractivity contribution is -0.122. The van der Waals surface area contributed by atoms with E-state index in [4.69, 9.17) is 11.6 Å². The van der Waals surface area contributed by atoms with Crippen LogP contribution in [0.4, 0.5) is 10.8 Å². The Labute approximate surface area is 187 Å². The molecule has 0 aliphatic carbocycles. The molecule has 8 nitrogen and oxygen atoms in total. The van der Waals surface area contributed by atoms with E-state index in [1.807, 2.05) is 20.8 Å². The van der Waals surface area contributed by atoms with E-state index in [1.54, 1.807) is 29.2 Å². The fourth-order valence-electron chi connectivity index (χ4n) is 2.88. The largest absolute Gasteiger partial charge is 0.351 e. The topological polar surface area (TPSA) is 104 Å². The molecule has 1 aromatic heterocycles. The van der Waals surface area contributed by atoms with Gasteiger partial charge in [-0.3, -0.25) is 14.4 Å². The van der Waals surface area contributed by atoms with Crippen molar-refractivity contribution in [3.63, 3.8) is 0 Å². The van der Waals surface area contributed by atoms with Crippen LogP contribution in [-0.4, -0.2) is 45.8 Å². The van der Waals surface area contributed by atoms with E-state index in [1.165, 1.54) is 23.1 Å². The third-order valence-corrected chi connectivity index (χ3v) is 6.30. The molecule has 1 atom stereocenters. The number of hydrogen-bond acceptors (Lipinski definition) is 7. The molecule has 0 saturated carbocycles. The minimum atomic E-state index is -0.492. The zero-order chi connectivity index (χ0) is 21.9. The molecule has 1 unspecified atom stereocenters. The van der Waals surface area contributed by atoms with Gasteiger partial charge in [0.2, 0.25) is 22.9 Å². The quantitative estimate of drug-likeness (QED) is 0.499. The average molecular weight is 468 g/mol. The monoisotopic (exact) mass is 467 g/mol. The third-order valence-electron chi connectivity index (χ3n) is 4.09. The normalized spacial score (nSPS) is 16.6. The van der Waals surface area contributed by atoms with Crippen LogP contribution >= 0.6 is 34.7 Å². The Hall–Kier alpha value is -2.17. The van der Waals surface area contributed by atoms with Gasteiger partial charge in [-0.25, -0.2) is 0 Å². The molecule has 1 aliphatic rings. The Bertz CT molecular complexity index is 960. The molecule has 0 radical (unpaired) electrons. The summed E-state index contributed by atoms with van der Waals surface area (Å²) < 4.78 is 0.581. The Kier molecular flexibility index (Phi) is 6.99. The molecule has 1 fully saturated rings. The molecule has 0 bridgehead atoms. The predicted molar refractivity (Wildman–Crippen MR) is 119 cm³/mol. The van der Waals surface area contributed by atoms with Gasteiger partial charge in [0.25, 0.3) is 0 Å². The number of nitrogens with one attached hydrogen (secondary N) is 2. The van der Waals surface area contributed by atoms with Gasteiger partial charge in [-0.15, -0.1) is 10.2 Å². The number of nitrogens with zero attached hydrogens (tertiary/aromatic N) is 3. The summed E-state index contributed by atoms with van der Waals surface area (Å²) in [5.41, 5.74) is 0.376. The molecule has 11 heteroatoms. The maximum Gasteiger partial charge on any atom is 0.231 e. The maximum absolute atomic E-state index is 12.6. The number of rotatable bonds is 6. The van der Waals surface area contributed by atoms with E-state index in [0.717, 1.165) is 0 Å². The van der Waals surface area contributed by atoms with Gasteiger partial charge in [-0.2, -0.15) is 0 Å². The summed E-state index contributed by atoms with van der Waals surface area (Å²) in [4.78, 5) is 38.4. The van der Waals surface area contributed by atoms with Crippen LogP contribution in [0.15, 0.2) is 28.6 Å². The first-order valence-corrected chi connectivity index (χ1v) is 11.4. The Morgan fingerprint density at radius 2 is 2.10 bits per heavy atom. The molecule has 2 aromatic rings. The van der Waals surface area contributed by atoms with Crippen molar-refractivity contribution < 1.29 is 14.4 Å². The van der Waals surface area contributed by atoms with Crippen molar-refractivity contribution in [3.05, 3.63) is 29.3 Å². The fraction of sp³-hybridized carbons (Fsp3) is 0.421. The smallest absolute Gasteiger partial charge is 0.231 e. The number of carbonyl (C=O) groups is 3. The van der Waals surface area contributed by atoms with Gasteiger partial charge in [-0.1, -0.05) is 40.8 Å². The first-order valence-electron chi connectivity index (χ1n) is 9.25. The molecule has 0 spiro atoms. The lowest BCUT2D eigenvalue weighted by Crippen LogP contribution is -2.41. The van der Waals surface area contributed by atoms with Crippen LogP contribution in [0.25, 0.3) is 0 Å². The second-order valence-electron chi connectivity index (χ2n) is 7.83. The van der Waals surface area contributed by atoms with Crippen LogP contribution in [-0.2, 0) is 14.4 Å². The van der Waals surface area contributed by atoms with Crippen molar-refractivity contribution in [3.8, 4) is 0 Å². The summed E-state index contributed by atoms with van der Waals surface area (Å²) in [7, 11) is 0. The zero-order valence-corrected chi connectivity index (χ0v) is 19.2. The number of anilines is 2. The van der Waals surface area contributed by atoms with Crippen molar-refractivity contribution >= 4 is 63.2 Å². The van der Waals surface area contributed by atoms with Gasteiger partial charge in [0.1, 0.15) is 0 Å². The van der Waals surface area contributed by atoms with E-state index in [0.29, 0.717) is 20.2 Å². The summed E-state index contributed by atoms with van der Waals surface area (Å²) in [5.74, 6) is -0.791. The molecule has 1 aliphatic heterocycles. The lowest BCUT2D eigenvalue weighted by Gasteiger charge is -2.19. The summed E-state index contributed by atoms with van der Waals surface area (Å²) in [6, 6.07) is 6.98. The van der Waals surface area contributed by atoms with E-state index < -0.39 is 5.92 Å². The molecular weight excluding hydrogens is 446 g/mol. The van der Waals surface area contributed by atoms with E-state index >= 15 is 0 Å². The highest BCUT2D eigenvalue weighted by Gasteiger charge is 2.35. The zero-order valence-electron chi connectivity index (χ0n) is 16.8. The van der Waals surface area contributed by atoms with Gasteiger partial charge in [0, 0.05) is 29.2 Å². The van der Waals surface area contributed by atoms with Crippen molar-refractivity contribution in [2.24, 2.45) is 5.92 Å². The number of thioether (sulfide) groups is 1. The molecule has 1 saturated heterocycles. The van der Waals surface area contributed by atoms with Crippen LogP contribution in [0, 0.1) is 5.92 Å². The fourth-order valence-corrected chi connectivity index (χ4v) is 4.62. The molecular formula is C19H22ClN5O3S2. The molecule has 2 N–H and O–H groups in total. The van der Waals surface area contributed by atoms with E-state index in [9.17, 15) is 14.4 Å². The Balaban J connectivity index is 1.53. The average Bonchev–Trinajstić information content (AvgIpc) is 3.25. The summed E-state index contributed by atoms with van der Waals surface area (Å²) >= 11 is 8.45. The lowest BCUT2D eigenvalue weighted by atomic mass is 10.1.